The quantitative estimate of drug-likeness (QED) is 0.531. The molecule has 3 aromatic rings. The van der Waals surface area contributed by atoms with Crippen molar-refractivity contribution in [3.63, 3.8) is 0 Å². The standard InChI is InChI=1S/C21H16ClFN2O4S/c1-11-16(21(28)29-2)20(25-18(26)12-4-3-5-14(23)10-12)30-17(11)19(27)24-15-8-6-13(22)7-9-15/h3-10H,1-2H3,(H,24,27)(H,25,26). The van der Waals surface area contributed by atoms with Crippen LogP contribution in [0.25, 0.3) is 0 Å². The van der Waals surface area contributed by atoms with Gasteiger partial charge in [-0.2, -0.15) is 0 Å². The van der Waals surface area contributed by atoms with Crippen LogP contribution in [0.4, 0.5) is 15.1 Å². The van der Waals surface area contributed by atoms with Crippen molar-refractivity contribution in [3.8, 4) is 0 Å². The number of rotatable bonds is 5. The summed E-state index contributed by atoms with van der Waals surface area (Å²) < 4.78 is 18.2. The van der Waals surface area contributed by atoms with E-state index in [0.717, 1.165) is 17.4 Å². The molecule has 3 rings (SSSR count). The van der Waals surface area contributed by atoms with Gasteiger partial charge in [0.25, 0.3) is 11.8 Å². The number of hydrogen-bond donors (Lipinski definition) is 2. The Balaban J connectivity index is 1.93. The van der Waals surface area contributed by atoms with E-state index < -0.39 is 23.6 Å². The molecule has 1 heterocycles. The molecule has 1 aromatic heterocycles. The molecule has 0 spiro atoms. The van der Waals surface area contributed by atoms with Crippen molar-refractivity contribution in [2.75, 3.05) is 17.7 Å². The molecule has 0 radical (unpaired) electrons. The molecule has 0 aliphatic rings. The zero-order valence-corrected chi connectivity index (χ0v) is 17.5. The van der Waals surface area contributed by atoms with E-state index in [9.17, 15) is 18.8 Å². The van der Waals surface area contributed by atoms with Crippen molar-refractivity contribution in [2.24, 2.45) is 0 Å². The lowest BCUT2D eigenvalue weighted by atomic mass is 10.1. The fourth-order valence-electron chi connectivity index (χ4n) is 2.69. The van der Waals surface area contributed by atoms with E-state index in [1.54, 1.807) is 31.2 Å². The van der Waals surface area contributed by atoms with Gasteiger partial charge in [-0.25, -0.2) is 9.18 Å². The zero-order valence-electron chi connectivity index (χ0n) is 15.9. The molecule has 0 atom stereocenters. The summed E-state index contributed by atoms with van der Waals surface area (Å²) in [6.07, 6.45) is 0. The van der Waals surface area contributed by atoms with E-state index in [1.807, 2.05) is 0 Å². The van der Waals surface area contributed by atoms with E-state index in [4.69, 9.17) is 16.3 Å². The second-order valence-corrected chi connectivity index (χ2v) is 7.63. The Morgan fingerprint density at radius 1 is 1.03 bits per heavy atom. The summed E-state index contributed by atoms with van der Waals surface area (Å²) in [6.45, 7) is 1.58. The zero-order chi connectivity index (χ0) is 21.8. The maximum atomic E-state index is 13.4. The van der Waals surface area contributed by atoms with Crippen LogP contribution in [-0.4, -0.2) is 24.9 Å². The number of halogens is 2. The third kappa shape index (κ3) is 4.67. The summed E-state index contributed by atoms with van der Waals surface area (Å²) in [6, 6.07) is 11.6. The Morgan fingerprint density at radius 3 is 2.37 bits per heavy atom. The van der Waals surface area contributed by atoms with Crippen molar-refractivity contribution in [1.29, 1.82) is 0 Å². The minimum atomic E-state index is -0.705. The molecular weight excluding hydrogens is 431 g/mol. The third-order valence-electron chi connectivity index (χ3n) is 4.16. The molecule has 0 fully saturated rings. The van der Waals surface area contributed by atoms with E-state index in [0.29, 0.717) is 16.3 Å². The van der Waals surface area contributed by atoms with Crippen LogP contribution in [0.3, 0.4) is 0 Å². The number of thiophene rings is 1. The second-order valence-electron chi connectivity index (χ2n) is 6.18. The van der Waals surface area contributed by atoms with Crippen LogP contribution in [0.5, 0.6) is 0 Å². The molecular formula is C21H16ClFN2O4S. The normalized spacial score (nSPS) is 10.4. The van der Waals surface area contributed by atoms with Gasteiger partial charge in [0.15, 0.2) is 0 Å². The second kappa shape index (κ2) is 9.06. The number of benzene rings is 2. The van der Waals surface area contributed by atoms with Crippen molar-refractivity contribution < 1.29 is 23.5 Å². The first kappa shape index (κ1) is 21.5. The molecule has 0 aliphatic carbocycles. The predicted octanol–water partition coefficient (Wildman–Crippen LogP) is 5.14. The van der Waals surface area contributed by atoms with Gasteiger partial charge in [0.2, 0.25) is 0 Å². The highest BCUT2D eigenvalue weighted by molar-refractivity contribution is 7.19. The first-order chi connectivity index (χ1) is 14.3. The molecule has 2 amide bonds. The molecule has 0 saturated heterocycles. The topological polar surface area (TPSA) is 84.5 Å². The van der Waals surface area contributed by atoms with Gasteiger partial charge in [-0.3, -0.25) is 9.59 Å². The number of amides is 2. The van der Waals surface area contributed by atoms with Crippen LogP contribution < -0.4 is 10.6 Å². The van der Waals surface area contributed by atoms with Gasteiger partial charge in [0.05, 0.1) is 17.6 Å². The van der Waals surface area contributed by atoms with Crippen molar-refractivity contribution in [2.45, 2.75) is 6.92 Å². The van der Waals surface area contributed by atoms with Crippen LogP contribution in [-0.2, 0) is 4.74 Å². The molecule has 2 N–H and O–H groups in total. The van der Waals surface area contributed by atoms with Crippen molar-refractivity contribution in [3.05, 3.63) is 80.9 Å². The largest absolute Gasteiger partial charge is 0.465 e. The van der Waals surface area contributed by atoms with Gasteiger partial charge >= 0.3 is 5.97 Å². The minimum absolute atomic E-state index is 0.0634. The van der Waals surface area contributed by atoms with Crippen molar-refractivity contribution >= 4 is 51.4 Å². The van der Waals surface area contributed by atoms with Crippen LogP contribution in [0, 0.1) is 12.7 Å². The number of carbonyl (C=O) groups is 3. The Hall–Kier alpha value is -3.23. The van der Waals surface area contributed by atoms with Gasteiger partial charge in [0, 0.05) is 16.3 Å². The number of esters is 1. The van der Waals surface area contributed by atoms with Crippen LogP contribution in [0.1, 0.15) is 36.0 Å². The average Bonchev–Trinajstić information content (AvgIpc) is 3.05. The summed E-state index contributed by atoms with van der Waals surface area (Å²) in [4.78, 5) is 37.8. The van der Waals surface area contributed by atoms with Crippen LogP contribution in [0.2, 0.25) is 5.02 Å². The molecule has 30 heavy (non-hydrogen) atoms. The van der Waals surface area contributed by atoms with Gasteiger partial charge < -0.3 is 15.4 Å². The van der Waals surface area contributed by atoms with Crippen LogP contribution in [0.15, 0.2) is 48.5 Å². The van der Waals surface area contributed by atoms with Gasteiger partial charge in [-0.15, -0.1) is 11.3 Å². The fraction of sp³-hybridized carbons (Fsp3) is 0.0952. The highest BCUT2D eigenvalue weighted by Gasteiger charge is 2.26. The summed E-state index contributed by atoms with van der Waals surface area (Å²) in [5.74, 6) is -2.35. The number of ether oxygens (including phenoxy) is 1. The summed E-state index contributed by atoms with van der Waals surface area (Å²) in [5.41, 5.74) is 1.01. The van der Waals surface area contributed by atoms with E-state index >= 15 is 0 Å². The van der Waals surface area contributed by atoms with Crippen molar-refractivity contribution in [1.82, 2.24) is 0 Å². The minimum Gasteiger partial charge on any atom is -0.465 e. The maximum Gasteiger partial charge on any atom is 0.341 e. The lowest BCUT2D eigenvalue weighted by molar-refractivity contribution is 0.0601. The summed E-state index contributed by atoms with van der Waals surface area (Å²) in [5, 5.41) is 5.94. The molecule has 9 heteroatoms. The van der Waals surface area contributed by atoms with Gasteiger partial charge in [0.1, 0.15) is 10.8 Å². The van der Waals surface area contributed by atoms with Gasteiger partial charge in [-0.05, 0) is 55.0 Å². The Labute approximate surface area is 180 Å². The number of carbonyl (C=O) groups excluding carboxylic acids is 3. The molecule has 0 bridgehead atoms. The van der Waals surface area contributed by atoms with Crippen LogP contribution >= 0.6 is 22.9 Å². The molecule has 154 valence electrons. The molecule has 6 nitrogen and oxygen atoms in total. The maximum absolute atomic E-state index is 13.4. The average molecular weight is 447 g/mol. The highest BCUT2D eigenvalue weighted by atomic mass is 35.5. The molecule has 0 aliphatic heterocycles. The number of hydrogen-bond acceptors (Lipinski definition) is 5. The first-order valence-electron chi connectivity index (χ1n) is 8.65. The Kier molecular flexibility index (Phi) is 6.49. The molecule has 0 unspecified atom stereocenters. The van der Waals surface area contributed by atoms with E-state index in [-0.39, 0.29) is 21.0 Å². The van der Waals surface area contributed by atoms with E-state index in [2.05, 4.69) is 10.6 Å². The monoisotopic (exact) mass is 446 g/mol. The summed E-state index contributed by atoms with van der Waals surface area (Å²) >= 11 is 6.77. The number of nitrogens with one attached hydrogen (secondary N) is 2. The Bertz CT molecular complexity index is 1130. The van der Waals surface area contributed by atoms with E-state index in [1.165, 1.54) is 25.3 Å². The smallest absolute Gasteiger partial charge is 0.341 e. The third-order valence-corrected chi connectivity index (χ3v) is 5.62. The Morgan fingerprint density at radius 2 is 1.73 bits per heavy atom. The molecule has 2 aromatic carbocycles. The lowest BCUT2D eigenvalue weighted by Gasteiger charge is -2.06. The SMILES string of the molecule is COC(=O)c1c(NC(=O)c2cccc(F)c2)sc(C(=O)Nc2ccc(Cl)cc2)c1C. The predicted molar refractivity (Wildman–Crippen MR) is 114 cm³/mol. The van der Waals surface area contributed by atoms with Gasteiger partial charge in [-0.1, -0.05) is 17.7 Å². The molecule has 0 saturated carbocycles. The number of methoxy groups -OCH3 is 1. The lowest BCUT2D eigenvalue weighted by Crippen LogP contribution is -2.14. The number of anilines is 2. The fourth-order valence-corrected chi connectivity index (χ4v) is 3.90. The summed E-state index contributed by atoms with van der Waals surface area (Å²) in [7, 11) is 1.20. The highest BCUT2D eigenvalue weighted by Crippen LogP contribution is 2.34. The first-order valence-corrected chi connectivity index (χ1v) is 9.85.